The molecule has 1 fully saturated rings. The van der Waals surface area contributed by atoms with E-state index in [2.05, 4.69) is 20.2 Å². The number of nitrogens with one attached hydrogen (secondary N) is 1. The van der Waals surface area contributed by atoms with Gasteiger partial charge < -0.3 is 19.7 Å². The highest BCUT2D eigenvalue weighted by molar-refractivity contribution is 7.13. The molecule has 1 aliphatic heterocycles. The smallest absolute Gasteiger partial charge is 0.243 e. The fourth-order valence-electron chi connectivity index (χ4n) is 3.31. The molecule has 7 nitrogen and oxygen atoms in total. The Labute approximate surface area is 173 Å². The van der Waals surface area contributed by atoms with Gasteiger partial charge in [-0.3, -0.25) is 4.79 Å². The summed E-state index contributed by atoms with van der Waals surface area (Å²) in [6.45, 7) is 1.28. The molecule has 3 aromatic rings. The van der Waals surface area contributed by atoms with Gasteiger partial charge in [-0.1, -0.05) is 0 Å². The summed E-state index contributed by atoms with van der Waals surface area (Å²) in [6, 6.07) is 10.8. The summed E-state index contributed by atoms with van der Waals surface area (Å²) >= 11 is 1.56. The van der Waals surface area contributed by atoms with Crippen LogP contribution < -0.4 is 19.7 Å². The third-order valence-corrected chi connectivity index (χ3v) is 5.58. The van der Waals surface area contributed by atoms with Crippen molar-refractivity contribution in [1.29, 1.82) is 0 Å². The molecule has 1 aromatic carbocycles. The quantitative estimate of drug-likeness (QED) is 0.641. The highest BCUT2D eigenvalue weighted by Gasteiger charge is 2.31. The summed E-state index contributed by atoms with van der Waals surface area (Å²) in [4.78, 5) is 23.4. The summed E-state index contributed by atoms with van der Waals surface area (Å²) < 4.78 is 10.9. The molecule has 8 heteroatoms. The van der Waals surface area contributed by atoms with Crippen LogP contribution in [0.25, 0.3) is 0 Å². The van der Waals surface area contributed by atoms with E-state index in [-0.39, 0.29) is 11.9 Å². The number of benzene rings is 1. The molecule has 1 N–H and O–H groups in total. The monoisotopic (exact) mass is 410 g/mol. The van der Waals surface area contributed by atoms with E-state index >= 15 is 0 Å². The Balaban J connectivity index is 1.36. The van der Waals surface area contributed by atoms with Crippen molar-refractivity contribution in [2.24, 2.45) is 0 Å². The molecular weight excluding hydrogens is 388 g/mol. The van der Waals surface area contributed by atoms with Crippen LogP contribution >= 0.6 is 11.3 Å². The van der Waals surface area contributed by atoms with Crippen LogP contribution in [-0.4, -0.2) is 35.6 Å². The predicted molar refractivity (Wildman–Crippen MR) is 112 cm³/mol. The van der Waals surface area contributed by atoms with Crippen molar-refractivity contribution < 1.29 is 14.3 Å². The zero-order valence-corrected chi connectivity index (χ0v) is 16.9. The average Bonchev–Trinajstić information content (AvgIpc) is 3.44. The maximum atomic E-state index is 12.7. The van der Waals surface area contributed by atoms with Crippen LogP contribution in [0.3, 0.4) is 0 Å². The van der Waals surface area contributed by atoms with Gasteiger partial charge in [-0.15, -0.1) is 11.3 Å². The molecule has 3 heterocycles. The van der Waals surface area contributed by atoms with Crippen LogP contribution in [0.4, 0.5) is 5.13 Å². The Morgan fingerprint density at radius 1 is 1.21 bits per heavy atom. The van der Waals surface area contributed by atoms with Crippen molar-refractivity contribution in [2.75, 3.05) is 18.6 Å². The standard InChI is InChI=1S/C21H22N4O3S/c1-27-16-4-6-17(7-5-16)28-19-13-15(8-9-22-19)14-24-20(26)18-3-2-11-25(18)21-23-10-12-29-21/h4-10,12-13,18H,2-3,11,14H2,1H3,(H,24,26). The molecule has 1 saturated heterocycles. The lowest BCUT2D eigenvalue weighted by Crippen LogP contribution is -2.43. The van der Waals surface area contributed by atoms with Gasteiger partial charge in [-0.25, -0.2) is 9.97 Å². The minimum absolute atomic E-state index is 0.0205. The highest BCUT2D eigenvalue weighted by atomic mass is 32.1. The Kier molecular flexibility index (Phi) is 5.90. The minimum Gasteiger partial charge on any atom is -0.497 e. The second-order valence-corrected chi connectivity index (χ2v) is 7.54. The third-order valence-electron chi connectivity index (χ3n) is 4.77. The third kappa shape index (κ3) is 4.65. The van der Waals surface area contributed by atoms with Crippen LogP contribution in [0, 0.1) is 0 Å². The van der Waals surface area contributed by atoms with Gasteiger partial charge in [0.25, 0.3) is 0 Å². The van der Waals surface area contributed by atoms with Gasteiger partial charge in [-0.05, 0) is 48.7 Å². The Morgan fingerprint density at radius 2 is 2.03 bits per heavy atom. The van der Waals surface area contributed by atoms with E-state index in [1.807, 2.05) is 41.8 Å². The molecule has 0 radical (unpaired) electrons. The number of anilines is 1. The van der Waals surface area contributed by atoms with E-state index in [1.165, 1.54) is 0 Å². The number of hydrogen-bond donors (Lipinski definition) is 1. The van der Waals surface area contributed by atoms with E-state index in [0.717, 1.165) is 35.8 Å². The number of rotatable bonds is 7. The zero-order valence-electron chi connectivity index (χ0n) is 16.1. The number of carbonyl (C=O) groups excluding carboxylic acids is 1. The molecule has 0 bridgehead atoms. The molecule has 0 spiro atoms. The Morgan fingerprint density at radius 3 is 2.79 bits per heavy atom. The summed E-state index contributed by atoms with van der Waals surface area (Å²) in [6.07, 6.45) is 5.28. The van der Waals surface area contributed by atoms with Crippen LogP contribution in [-0.2, 0) is 11.3 Å². The van der Waals surface area contributed by atoms with Crippen LogP contribution in [0.15, 0.2) is 54.2 Å². The van der Waals surface area contributed by atoms with Gasteiger partial charge >= 0.3 is 0 Å². The number of nitrogens with zero attached hydrogens (tertiary/aromatic N) is 3. The first kappa shape index (κ1) is 19.2. The normalized spacial score (nSPS) is 15.9. The summed E-state index contributed by atoms with van der Waals surface area (Å²) in [5, 5.41) is 5.87. The Bertz CT molecular complexity index is 947. The van der Waals surface area contributed by atoms with Gasteiger partial charge in [0.05, 0.1) is 7.11 Å². The maximum Gasteiger partial charge on any atom is 0.243 e. The number of carbonyl (C=O) groups is 1. The fourth-order valence-corrected chi connectivity index (χ4v) is 4.03. The molecule has 2 aromatic heterocycles. The molecule has 4 rings (SSSR count). The van der Waals surface area contributed by atoms with Crippen molar-refractivity contribution in [3.63, 3.8) is 0 Å². The van der Waals surface area contributed by atoms with E-state index < -0.39 is 0 Å². The lowest BCUT2D eigenvalue weighted by Gasteiger charge is -2.23. The highest BCUT2D eigenvalue weighted by Crippen LogP contribution is 2.27. The second kappa shape index (κ2) is 8.91. The molecule has 1 atom stereocenters. The number of hydrogen-bond acceptors (Lipinski definition) is 7. The largest absolute Gasteiger partial charge is 0.497 e. The van der Waals surface area contributed by atoms with Gasteiger partial charge in [-0.2, -0.15) is 0 Å². The molecule has 0 aliphatic carbocycles. The van der Waals surface area contributed by atoms with Gasteiger partial charge in [0.2, 0.25) is 11.8 Å². The van der Waals surface area contributed by atoms with Crippen molar-refractivity contribution in [1.82, 2.24) is 15.3 Å². The van der Waals surface area contributed by atoms with E-state index in [9.17, 15) is 4.79 Å². The summed E-state index contributed by atoms with van der Waals surface area (Å²) in [5.74, 6) is 1.93. The first-order valence-electron chi connectivity index (χ1n) is 9.43. The average molecular weight is 410 g/mol. The molecule has 150 valence electrons. The zero-order chi connectivity index (χ0) is 20.1. The topological polar surface area (TPSA) is 76.6 Å². The first-order chi connectivity index (χ1) is 14.2. The van der Waals surface area contributed by atoms with E-state index in [4.69, 9.17) is 9.47 Å². The maximum absolute atomic E-state index is 12.7. The number of pyridine rings is 1. The van der Waals surface area contributed by atoms with Crippen LogP contribution in [0.2, 0.25) is 0 Å². The molecule has 1 amide bonds. The minimum atomic E-state index is -0.169. The first-order valence-corrected chi connectivity index (χ1v) is 10.3. The number of thiazole rings is 1. The molecular formula is C21H22N4O3S. The van der Waals surface area contributed by atoms with Crippen molar-refractivity contribution in [3.8, 4) is 17.4 Å². The number of ether oxygens (including phenoxy) is 2. The van der Waals surface area contributed by atoms with Gasteiger partial charge in [0.1, 0.15) is 17.5 Å². The van der Waals surface area contributed by atoms with Crippen molar-refractivity contribution in [2.45, 2.75) is 25.4 Å². The van der Waals surface area contributed by atoms with Gasteiger partial charge in [0.15, 0.2) is 5.13 Å². The lowest BCUT2D eigenvalue weighted by molar-refractivity contribution is -0.122. The van der Waals surface area contributed by atoms with Crippen molar-refractivity contribution in [3.05, 3.63) is 59.7 Å². The number of amides is 1. The Hall–Kier alpha value is -3.13. The molecule has 1 unspecified atom stereocenters. The number of methoxy groups -OCH3 is 1. The SMILES string of the molecule is COc1ccc(Oc2cc(CNC(=O)C3CCCN3c3nccs3)ccn2)cc1. The summed E-state index contributed by atoms with van der Waals surface area (Å²) in [5.41, 5.74) is 0.927. The van der Waals surface area contributed by atoms with Crippen molar-refractivity contribution >= 4 is 22.4 Å². The summed E-state index contributed by atoms with van der Waals surface area (Å²) in [7, 11) is 1.62. The number of aromatic nitrogens is 2. The van der Waals surface area contributed by atoms with E-state index in [1.54, 1.807) is 30.8 Å². The van der Waals surface area contributed by atoms with Crippen LogP contribution in [0.1, 0.15) is 18.4 Å². The lowest BCUT2D eigenvalue weighted by atomic mass is 10.2. The molecule has 29 heavy (non-hydrogen) atoms. The van der Waals surface area contributed by atoms with Crippen LogP contribution in [0.5, 0.6) is 17.4 Å². The van der Waals surface area contributed by atoms with Gasteiger partial charge in [0, 0.05) is 36.9 Å². The van der Waals surface area contributed by atoms with E-state index in [0.29, 0.717) is 18.2 Å². The molecule has 1 aliphatic rings. The molecule has 0 saturated carbocycles. The fraction of sp³-hybridized carbons (Fsp3) is 0.286. The predicted octanol–water partition coefficient (Wildman–Crippen LogP) is 3.62. The second-order valence-electron chi connectivity index (χ2n) is 6.66.